The molecule has 0 radical (unpaired) electrons. The molecule has 66 heavy (non-hydrogen) atoms. The predicted molar refractivity (Wildman–Crippen MR) is 280 cm³/mol. The van der Waals surface area contributed by atoms with Gasteiger partial charge in [-0.3, -0.25) is 0 Å². The fourth-order valence-electron chi connectivity index (χ4n) is 10.4. The van der Waals surface area contributed by atoms with E-state index in [-0.39, 0.29) is 0 Å². The summed E-state index contributed by atoms with van der Waals surface area (Å²) < 4.78 is 6.64. The van der Waals surface area contributed by atoms with Gasteiger partial charge >= 0.3 is 0 Å². The second-order valence-electron chi connectivity index (χ2n) is 17.2. The third-order valence-electron chi connectivity index (χ3n) is 13.4. The zero-order chi connectivity index (χ0) is 43.6. The Kier molecular flexibility index (Phi) is 8.89. The van der Waals surface area contributed by atoms with Crippen molar-refractivity contribution < 1.29 is 4.42 Å². The lowest BCUT2D eigenvalue weighted by molar-refractivity contribution is 0.673. The van der Waals surface area contributed by atoms with E-state index in [0.717, 1.165) is 66.6 Å². The van der Waals surface area contributed by atoms with Gasteiger partial charge < -0.3 is 9.32 Å². The summed E-state index contributed by atoms with van der Waals surface area (Å²) in [6, 6.07) is 90.3. The van der Waals surface area contributed by atoms with E-state index in [9.17, 15) is 0 Å². The average molecular weight is 840 g/mol. The van der Waals surface area contributed by atoms with Crippen molar-refractivity contribution in [2.24, 2.45) is 0 Å². The lowest BCUT2D eigenvalue weighted by Gasteiger charge is -2.27. The van der Waals surface area contributed by atoms with Gasteiger partial charge in [-0.25, -0.2) is 0 Å². The molecule has 0 amide bonds. The molecule has 308 valence electrons. The third kappa shape index (κ3) is 6.26. The van der Waals surface area contributed by atoms with Crippen LogP contribution in [0.3, 0.4) is 0 Å². The monoisotopic (exact) mass is 839 g/mol. The second kappa shape index (κ2) is 15.5. The van der Waals surface area contributed by atoms with Gasteiger partial charge in [0.05, 0.1) is 0 Å². The quantitative estimate of drug-likeness (QED) is 0.149. The smallest absolute Gasteiger partial charge is 0.143 e. The van der Waals surface area contributed by atoms with E-state index in [1.54, 1.807) is 0 Å². The SMILES string of the molecule is c1ccc(-c2c(-c3ccccc3)c3cc(-c4cccc(N(c5cccc(-c6cccc7oc8c9ccccc9ccc8c67)c5)c5ccc6ccccc6c5)c4)ccc3c3ccccc23)cc1. The first kappa shape index (κ1) is 37.8. The van der Waals surface area contributed by atoms with Crippen LogP contribution < -0.4 is 4.90 Å². The molecule has 0 aliphatic heterocycles. The van der Waals surface area contributed by atoms with Gasteiger partial charge in [0.1, 0.15) is 11.2 Å². The van der Waals surface area contributed by atoms with Crippen molar-refractivity contribution >= 4 is 82.1 Å². The van der Waals surface area contributed by atoms with Crippen LogP contribution in [0, 0.1) is 0 Å². The Bertz CT molecular complexity index is 4000. The Morgan fingerprint density at radius 3 is 1.58 bits per heavy atom. The van der Waals surface area contributed by atoms with Crippen LogP contribution in [0.25, 0.3) is 110 Å². The average Bonchev–Trinajstić information content (AvgIpc) is 3.79. The van der Waals surface area contributed by atoms with Crippen molar-refractivity contribution in [3.63, 3.8) is 0 Å². The molecule has 0 saturated heterocycles. The molecule has 0 aliphatic carbocycles. The highest BCUT2D eigenvalue weighted by molar-refractivity contribution is 6.22. The van der Waals surface area contributed by atoms with E-state index in [2.05, 4.69) is 254 Å². The maximum atomic E-state index is 6.64. The summed E-state index contributed by atoms with van der Waals surface area (Å²) in [5.74, 6) is 0. The molecule has 2 nitrogen and oxygen atoms in total. The summed E-state index contributed by atoms with van der Waals surface area (Å²) in [5, 5.41) is 11.9. The van der Waals surface area contributed by atoms with E-state index in [0.29, 0.717) is 0 Å². The number of anilines is 3. The normalized spacial score (nSPS) is 11.6. The fourth-order valence-corrected chi connectivity index (χ4v) is 10.4. The van der Waals surface area contributed by atoms with Gasteiger partial charge in [-0.2, -0.15) is 0 Å². The second-order valence-corrected chi connectivity index (χ2v) is 17.2. The highest BCUT2D eigenvalue weighted by Gasteiger charge is 2.21. The standard InChI is InChI=1S/C64H41NO/c1-3-18-44(19-4-1)61-57-29-12-11-28-55(57)56-36-34-48(41-59(56)62(61)45-20-5-2-6-21-45)47-23-13-25-50(39-47)65(52-35-32-42-16-7-8-22-46(42)38-52)51-26-14-24-49(40-51)53-30-15-31-60-63(53)58-37-33-43-17-9-10-27-54(43)64(58)66-60/h1-41H. The summed E-state index contributed by atoms with van der Waals surface area (Å²) in [5.41, 5.74) is 14.5. The lowest BCUT2D eigenvalue weighted by Crippen LogP contribution is -2.10. The Morgan fingerprint density at radius 1 is 0.273 bits per heavy atom. The molecule has 0 bridgehead atoms. The Labute approximate surface area is 382 Å². The Hall–Kier alpha value is -8.72. The van der Waals surface area contributed by atoms with Crippen LogP contribution >= 0.6 is 0 Å². The van der Waals surface area contributed by atoms with Crippen LogP contribution in [0.2, 0.25) is 0 Å². The number of furan rings is 1. The van der Waals surface area contributed by atoms with Gasteiger partial charge in [0.2, 0.25) is 0 Å². The minimum Gasteiger partial charge on any atom is -0.455 e. The summed E-state index contributed by atoms with van der Waals surface area (Å²) in [6.07, 6.45) is 0. The van der Waals surface area contributed by atoms with Crippen molar-refractivity contribution in [2.75, 3.05) is 4.90 Å². The van der Waals surface area contributed by atoms with E-state index in [1.165, 1.54) is 60.0 Å². The van der Waals surface area contributed by atoms with Crippen LogP contribution in [-0.2, 0) is 0 Å². The number of fused-ring (bicyclic) bond motifs is 9. The highest BCUT2D eigenvalue weighted by Crippen LogP contribution is 2.47. The fraction of sp³-hybridized carbons (Fsp3) is 0. The van der Waals surface area contributed by atoms with Crippen LogP contribution in [0.5, 0.6) is 0 Å². The first-order chi connectivity index (χ1) is 32.7. The molecule has 1 heterocycles. The molecule has 13 rings (SSSR count). The number of benzene rings is 12. The van der Waals surface area contributed by atoms with Crippen molar-refractivity contribution in [1.82, 2.24) is 0 Å². The number of hydrogen-bond acceptors (Lipinski definition) is 2. The van der Waals surface area contributed by atoms with E-state index >= 15 is 0 Å². The maximum Gasteiger partial charge on any atom is 0.143 e. The van der Waals surface area contributed by atoms with Crippen LogP contribution in [0.15, 0.2) is 253 Å². The summed E-state index contributed by atoms with van der Waals surface area (Å²) in [7, 11) is 0. The third-order valence-corrected chi connectivity index (χ3v) is 13.4. The van der Waals surface area contributed by atoms with E-state index in [4.69, 9.17) is 4.42 Å². The summed E-state index contributed by atoms with van der Waals surface area (Å²) in [4.78, 5) is 2.40. The molecule has 0 unspecified atom stereocenters. The Morgan fingerprint density at radius 2 is 0.803 bits per heavy atom. The van der Waals surface area contributed by atoms with Crippen molar-refractivity contribution in [1.29, 1.82) is 0 Å². The lowest BCUT2D eigenvalue weighted by atomic mass is 9.84. The zero-order valence-corrected chi connectivity index (χ0v) is 36.0. The van der Waals surface area contributed by atoms with Crippen molar-refractivity contribution in [2.45, 2.75) is 0 Å². The molecule has 13 aromatic rings. The van der Waals surface area contributed by atoms with Crippen molar-refractivity contribution in [3.8, 4) is 44.5 Å². The minimum absolute atomic E-state index is 0.887. The minimum atomic E-state index is 0.887. The molecule has 0 N–H and O–H groups in total. The molecule has 0 aliphatic rings. The molecule has 2 heteroatoms. The molecule has 0 atom stereocenters. The summed E-state index contributed by atoms with van der Waals surface area (Å²) in [6.45, 7) is 0. The van der Waals surface area contributed by atoms with Crippen LogP contribution in [0.4, 0.5) is 17.1 Å². The van der Waals surface area contributed by atoms with Gasteiger partial charge in [0, 0.05) is 33.2 Å². The molecule has 1 aromatic heterocycles. The molecule has 12 aromatic carbocycles. The highest BCUT2D eigenvalue weighted by atomic mass is 16.3. The summed E-state index contributed by atoms with van der Waals surface area (Å²) >= 11 is 0. The van der Waals surface area contributed by atoms with Gasteiger partial charge in [-0.1, -0.05) is 194 Å². The predicted octanol–water partition coefficient (Wildman–Crippen LogP) is 18.3. The first-order valence-electron chi connectivity index (χ1n) is 22.7. The van der Waals surface area contributed by atoms with E-state index < -0.39 is 0 Å². The number of nitrogens with zero attached hydrogens (tertiary/aromatic N) is 1. The zero-order valence-electron chi connectivity index (χ0n) is 36.0. The van der Waals surface area contributed by atoms with Gasteiger partial charge in [-0.15, -0.1) is 0 Å². The Balaban J connectivity index is 0.999. The molecule has 0 spiro atoms. The molecule has 0 fully saturated rings. The molecular formula is C64H41NO. The van der Waals surface area contributed by atoms with Gasteiger partial charge in [0.15, 0.2) is 0 Å². The van der Waals surface area contributed by atoms with E-state index in [1.807, 2.05) is 0 Å². The first-order valence-corrected chi connectivity index (χ1v) is 22.7. The number of hydrogen-bond donors (Lipinski definition) is 0. The van der Waals surface area contributed by atoms with Crippen LogP contribution in [0.1, 0.15) is 0 Å². The van der Waals surface area contributed by atoms with Crippen LogP contribution in [-0.4, -0.2) is 0 Å². The van der Waals surface area contributed by atoms with Gasteiger partial charge in [0.25, 0.3) is 0 Å². The van der Waals surface area contributed by atoms with Crippen molar-refractivity contribution in [3.05, 3.63) is 249 Å². The van der Waals surface area contributed by atoms with Gasteiger partial charge in [-0.05, 0) is 137 Å². The largest absolute Gasteiger partial charge is 0.455 e. The number of rotatable bonds is 7. The molecular weight excluding hydrogens is 799 g/mol. The maximum absolute atomic E-state index is 6.64. The topological polar surface area (TPSA) is 16.4 Å². The molecule has 0 saturated carbocycles.